The highest BCUT2D eigenvalue weighted by Gasteiger charge is 2.46. The standard InChI is InChI=1S/C13H17N3O2S/c1-2-9-12(17)15-6-3-4-10(15)13(18)16(9)8-11-14-5-7-19-11/h5,7,9-10H,2-4,6,8H2,1H3. The predicted octanol–water partition coefficient (Wildman–Crippen LogP) is 1.25. The molecule has 0 spiro atoms. The molecule has 1 aromatic heterocycles. The molecule has 1 aromatic rings. The van der Waals surface area contributed by atoms with Gasteiger partial charge in [0, 0.05) is 18.1 Å². The average Bonchev–Trinajstić information content (AvgIpc) is 3.07. The molecule has 0 bridgehead atoms. The summed E-state index contributed by atoms with van der Waals surface area (Å²) in [5.74, 6) is 0.209. The first kappa shape index (κ1) is 12.6. The Balaban J connectivity index is 1.87. The highest BCUT2D eigenvalue weighted by molar-refractivity contribution is 7.09. The van der Waals surface area contributed by atoms with Gasteiger partial charge < -0.3 is 9.80 Å². The molecule has 2 aliphatic rings. The summed E-state index contributed by atoms with van der Waals surface area (Å²) in [6, 6.07) is -0.541. The van der Waals surface area contributed by atoms with Gasteiger partial charge in [0.05, 0.1) is 6.54 Å². The normalized spacial score (nSPS) is 27.0. The van der Waals surface area contributed by atoms with Gasteiger partial charge in [-0.1, -0.05) is 6.92 Å². The summed E-state index contributed by atoms with van der Waals surface area (Å²) in [4.78, 5) is 32.7. The fraction of sp³-hybridized carbons (Fsp3) is 0.615. The minimum Gasteiger partial charge on any atom is -0.329 e. The van der Waals surface area contributed by atoms with Crippen molar-refractivity contribution in [2.75, 3.05) is 6.54 Å². The number of thiazole rings is 1. The van der Waals surface area contributed by atoms with Crippen molar-refractivity contribution in [3.8, 4) is 0 Å². The van der Waals surface area contributed by atoms with E-state index in [0.717, 1.165) is 24.4 Å². The van der Waals surface area contributed by atoms with Crippen molar-refractivity contribution in [2.45, 2.75) is 44.8 Å². The predicted molar refractivity (Wildman–Crippen MR) is 71.5 cm³/mol. The van der Waals surface area contributed by atoms with E-state index in [1.807, 2.05) is 12.3 Å². The topological polar surface area (TPSA) is 53.5 Å². The van der Waals surface area contributed by atoms with Gasteiger partial charge in [-0.2, -0.15) is 0 Å². The Kier molecular flexibility index (Phi) is 3.26. The minimum atomic E-state index is -0.314. The maximum atomic E-state index is 12.6. The molecule has 0 saturated carbocycles. The van der Waals surface area contributed by atoms with Crippen molar-refractivity contribution in [3.63, 3.8) is 0 Å². The van der Waals surface area contributed by atoms with E-state index in [4.69, 9.17) is 0 Å². The van der Waals surface area contributed by atoms with Crippen LogP contribution in [0.2, 0.25) is 0 Å². The highest BCUT2D eigenvalue weighted by Crippen LogP contribution is 2.29. The Morgan fingerprint density at radius 2 is 2.26 bits per heavy atom. The first-order valence-electron chi connectivity index (χ1n) is 6.71. The van der Waals surface area contributed by atoms with Crippen molar-refractivity contribution >= 4 is 23.2 Å². The monoisotopic (exact) mass is 279 g/mol. The lowest BCUT2D eigenvalue weighted by Crippen LogP contribution is -2.62. The second kappa shape index (κ2) is 4.92. The third kappa shape index (κ3) is 2.04. The third-order valence-corrected chi connectivity index (χ3v) is 4.71. The van der Waals surface area contributed by atoms with Crippen molar-refractivity contribution < 1.29 is 9.59 Å². The molecule has 0 radical (unpaired) electrons. The number of rotatable bonds is 3. The van der Waals surface area contributed by atoms with Gasteiger partial charge in [-0.3, -0.25) is 9.59 Å². The molecule has 0 N–H and O–H groups in total. The largest absolute Gasteiger partial charge is 0.329 e. The molecule has 2 aliphatic heterocycles. The van der Waals surface area contributed by atoms with E-state index < -0.39 is 0 Å². The van der Waals surface area contributed by atoms with E-state index in [-0.39, 0.29) is 23.9 Å². The molecule has 5 nitrogen and oxygen atoms in total. The molecule has 2 unspecified atom stereocenters. The molecule has 2 atom stereocenters. The summed E-state index contributed by atoms with van der Waals surface area (Å²) < 4.78 is 0. The Labute approximate surface area is 116 Å². The zero-order valence-corrected chi connectivity index (χ0v) is 11.7. The first-order chi connectivity index (χ1) is 9.22. The van der Waals surface area contributed by atoms with Gasteiger partial charge in [0.2, 0.25) is 11.8 Å². The average molecular weight is 279 g/mol. The van der Waals surface area contributed by atoms with Crippen molar-refractivity contribution in [1.29, 1.82) is 0 Å². The second-order valence-electron chi connectivity index (χ2n) is 5.01. The number of fused-ring (bicyclic) bond motifs is 1. The molecular weight excluding hydrogens is 262 g/mol. The van der Waals surface area contributed by atoms with Crippen LogP contribution in [0, 0.1) is 0 Å². The fourth-order valence-corrected chi connectivity index (χ4v) is 3.63. The molecule has 3 heterocycles. The molecule has 2 fully saturated rings. The summed E-state index contributed by atoms with van der Waals surface area (Å²) >= 11 is 1.53. The zero-order chi connectivity index (χ0) is 13.4. The number of nitrogens with zero attached hydrogens (tertiary/aromatic N) is 3. The smallest absolute Gasteiger partial charge is 0.246 e. The minimum absolute atomic E-state index is 0.0964. The lowest BCUT2D eigenvalue weighted by Gasteiger charge is -2.41. The summed E-state index contributed by atoms with van der Waals surface area (Å²) in [6.07, 6.45) is 4.14. The van der Waals surface area contributed by atoms with Crippen molar-refractivity contribution in [3.05, 3.63) is 16.6 Å². The summed E-state index contributed by atoms with van der Waals surface area (Å²) in [5, 5.41) is 2.79. The Bertz CT molecular complexity index is 488. The molecule has 6 heteroatoms. The van der Waals surface area contributed by atoms with Crippen LogP contribution < -0.4 is 0 Å². The van der Waals surface area contributed by atoms with E-state index in [0.29, 0.717) is 13.0 Å². The van der Waals surface area contributed by atoms with Crippen molar-refractivity contribution in [2.24, 2.45) is 0 Å². The van der Waals surface area contributed by atoms with Crippen LogP contribution in [0.5, 0.6) is 0 Å². The number of hydrogen-bond donors (Lipinski definition) is 0. The van der Waals surface area contributed by atoms with Crippen LogP contribution in [-0.2, 0) is 16.1 Å². The molecule has 2 saturated heterocycles. The highest BCUT2D eigenvalue weighted by atomic mass is 32.1. The number of aromatic nitrogens is 1. The summed E-state index contributed by atoms with van der Waals surface area (Å²) in [7, 11) is 0. The van der Waals surface area contributed by atoms with Gasteiger partial charge in [-0.15, -0.1) is 11.3 Å². The van der Waals surface area contributed by atoms with Gasteiger partial charge in [0.25, 0.3) is 0 Å². The summed E-state index contributed by atoms with van der Waals surface area (Å²) in [6.45, 7) is 3.16. The van der Waals surface area contributed by atoms with Gasteiger partial charge in [-0.25, -0.2) is 4.98 Å². The summed E-state index contributed by atoms with van der Waals surface area (Å²) in [5.41, 5.74) is 0. The molecular formula is C13H17N3O2S. The fourth-order valence-electron chi connectivity index (χ4n) is 3.02. The Morgan fingerprint density at radius 1 is 1.42 bits per heavy atom. The molecule has 102 valence electrons. The number of hydrogen-bond acceptors (Lipinski definition) is 4. The number of amides is 2. The first-order valence-corrected chi connectivity index (χ1v) is 7.59. The maximum Gasteiger partial charge on any atom is 0.246 e. The SMILES string of the molecule is CCC1C(=O)N2CCCC2C(=O)N1Cc1nccs1. The maximum absolute atomic E-state index is 12.6. The van der Waals surface area contributed by atoms with E-state index in [1.165, 1.54) is 11.3 Å². The molecule has 2 amide bonds. The number of carbonyl (C=O) groups excluding carboxylic acids is 2. The van der Waals surface area contributed by atoms with Gasteiger partial charge in [-0.05, 0) is 19.3 Å². The number of carbonyl (C=O) groups is 2. The van der Waals surface area contributed by atoms with Crippen molar-refractivity contribution in [1.82, 2.24) is 14.8 Å². The number of piperazine rings is 1. The van der Waals surface area contributed by atoms with Gasteiger partial charge in [0.1, 0.15) is 17.1 Å². The zero-order valence-electron chi connectivity index (χ0n) is 10.9. The van der Waals surface area contributed by atoms with Crippen LogP contribution in [0.3, 0.4) is 0 Å². The molecule has 3 rings (SSSR count). The van der Waals surface area contributed by atoms with E-state index >= 15 is 0 Å². The Hall–Kier alpha value is -1.43. The lowest BCUT2D eigenvalue weighted by molar-refractivity contribution is -0.160. The Morgan fingerprint density at radius 3 is 2.95 bits per heavy atom. The second-order valence-corrected chi connectivity index (χ2v) is 5.98. The van der Waals surface area contributed by atoms with E-state index in [2.05, 4.69) is 4.98 Å². The molecule has 0 aromatic carbocycles. The van der Waals surface area contributed by atoms with E-state index in [1.54, 1.807) is 16.0 Å². The van der Waals surface area contributed by atoms with Gasteiger partial charge >= 0.3 is 0 Å². The van der Waals surface area contributed by atoms with Crippen LogP contribution in [0.25, 0.3) is 0 Å². The van der Waals surface area contributed by atoms with Crippen LogP contribution in [0.1, 0.15) is 31.2 Å². The van der Waals surface area contributed by atoms with Gasteiger partial charge in [0.15, 0.2) is 0 Å². The van der Waals surface area contributed by atoms with Crippen LogP contribution in [-0.4, -0.2) is 45.2 Å². The molecule has 19 heavy (non-hydrogen) atoms. The third-order valence-electron chi connectivity index (χ3n) is 3.94. The molecule has 0 aliphatic carbocycles. The lowest BCUT2D eigenvalue weighted by atomic mass is 10.0. The van der Waals surface area contributed by atoms with Crippen LogP contribution in [0.15, 0.2) is 11.6 Å². The quantitative estimate of drug-likeness (QED) is 0.837. The van der Waals surface area contributed by atoms with Crippen LogP contribution in [0.4, 0.5) is 0 Å². The van der Waals surface area contributed by atoms with E-state index in [9.17, 15) is 9.59 Å². The van der Waals surface area contributed by atoms with Crippen LogP contribution >= 0.6 is 11.3 Å².